The van der Waals surface area contributed by atoms with E-state index in [0.717, 1.165) is 25.7 Å². The Morgan fingerprint density at radius 3 is 2.61 bits per heavy atom. The van der Waals surface area contributed by atoms with Crippen LogP contribution in [-0.2, 0) is 0 Å². The minimum Gasteiger partial charge on any atom is -0.394 e. The molecule has 1 fully saturated rings. The van der Waals surface area contributed by atoms with Crippen molar-refractivity contribution in [2.45, 2.75) is 38.1 Å². The third kappa shape index (κ3) is 2.62. The molecule has 1 aliphatic carbocycles. The summed E-state index contributed by atoms with van der Waals surface area (Å²) >= 11 is 1.26. The molecule has 1 heterocycles. The van der Waals surface area contributed by atoms with E-state index in [2.05, 4.69) is 5.32 Å². The fourth-order valence-electron chi connectivity index (χ4n) is 2.32. The molecule has 98 valence electrons. The lowest BCUT2D eigenvalue weighted by molar-refractivity contribution is 0.0842. The van der Waals surface area contributed by atoms with Crippen LogP contribution in [0.1, 0.15) is 52.6 Å². The van der Waals surface area contributed by atoms with Gasteiger partial charge in [0, 0.05) is 10.9 Å². The maximum Gasteiger partial charge on any atom is 0.261 e. The Kier molecular flexibility index (Phi) is 3.82. The predicted molar refractivity (Wildman–Crippen MR) is 70.1 cm³/mol. The van der Waals surface area contributed by atoms with Crippen molar-refractivity contribution >= 4 is 23.0 Å². The van der Waals surface area contributed by atoms with Crippen LogP contribution in [0.2, 0.25) is 0 Å². The van der Waals surface area contributed by atoms with Gasteiger partial charge in [-0.25, -0.2) is 0 Å². The van der Waals surface area contributed by atoms with Crippen LogP contribution in [0.4, 0.5) is 0 Å². The van der Waals surface area contributed by atoms with Crippen molar-refractivity contribution in [3.8, 4) is 0 Å². The molecular weight excluding hydrogens is 250 g/mol. The number of thiophene rings is 1. The topological polar surface area (TPSA) is 66.4 Å². The number of aliphatic hydroxyl groups is 1. The second-order valence-corrected chi connectivity index (χ2v) is 5.77. The third-order valence-electron chi connectivity index (χ3n) is 3.47. The number of carbonyl (C=O) groups is 2. The quantitative estimate of drug-likeness (QED) is 0.820. The highest BCUT2D eigenvalue weighted by molar-refractivity contribution is 7.12. The van der Waals surface area contributed by atoms with Gasteiger partial charge < -0.3 is 10.4 Å². The normalized spacial score (nSPS) is 17.7. The highest BCUT2D eigenvalue weighted by atomic mass is 32.1. The molecule has 1 saturated carbocycles. The molecule has 0 bridgehead atoms. The van der Waals surface area contributed by atoms with E-state index in [1.165, 1.54) is 18.3 Å². The van der Waals surface area contributed by atoms with Crippen molar-refractivity contribution < 1.29 is 14.7 Å². The number of ketones is 1. The summed E-state index contributed by atoms with van der Waals surface area (Å²) in [4.78, 5) is 23.8. The summed E-state index contributed by atoms with van der Waals surface area (Å²) in [6.07, 6.45) is 3.70. The summed E-state index contributed by atoms with van der Waals surface area (Å²) < 4.78 is 0. The van der Waals surface area contributed by atoms with Crippen molar-refractivity contribution in [1.82, 2.24) is 5.32 Å². The van der Waals surface area contributed by atoms with Gasteiger partial charge in [0.15, 0.2) is 5.78 Å². The minimum atomic E-state index is -0.461. The van der Waals surface area contributed by atoms with Gasteiger partial charge in [-0.15, -0.1) is 11.3 Å². The van der Waals surface area contributed by atoms with Crippen LogP contribution in [-0.4, -0.2) is 28.9 Å². The van der Waals surface area contributed by atoms with E-state index >= 15 is 0 Å². The molecule has 0 unspecified atom stereocenters. The highest BCUT2D eigenvalue weighted by Gasteiger charge is 2.35. The Balaban J connectivity index is 2.09. The van der Waals surface area contributed by atoms with Crippen LogP contribution in [0.3, 0.4) is 0 Å². The summed E-state index contributed by atoms with van der Waals surface area (Å²) in [5.41, 5.74) is 0.104. The zero-order valence-corrected chi connectivity index (χ0v) is 11.2. The molecule has 0 radical (unpaired) electrons. The molecule has 0 atom stereocenters. The van der Waals surface area contributed by atoms with Crippen LogP contribution in [0, 0.1) is 0 Å². The van der Waals surface area contributed by atoms with Crippen molar-refractivity contribution in [2.24, 2.45) is 0 Å². The van der Waals surface area contributed by atoms with Gasteiger partial charge in [0.05, 0.1) is 17.0 Å². The number of hydrogen-bond donors (Lipinski definition) is 2. The summed E-state index contributed by atoms with van der Waals surface area (Å²) in [6, 6.07) is 1.61. The van der Waals surface area contributed by atoms with Gasteiger partial charge >= 0.3 is 0 Å². The number of Topliss-reactive ketones (excluding diaryl/α,β-unsaturated/α-hetero) is 1. The van der Waals surface area contributed by atoms with E-state index < -0.39 is 5.54 Å². The maximum atomic E-state index is 12.1. The zero-order chi connectivity index (χ0) is 13.2. The molecule has 2 rings (SSSR count). The van der Waals surface area contributed by atoms with Gasteiger partial charge in [0.1, 0.15) is 0 Å². The smallest absolute Gasteiger partial charge is 0.261 e. The Labute approximate surface area is 110 Å². The Hall–Kier alpha value is -1.20. The van der Waals surface area contributed by atoms with Crippen LogP contribution in [0.15, 0.2) is 11.4 Å². The molecule has 4 nitrogen and oxygen atoms in total. The standard InChI is InChI=1S/C13H17NO3S/c1-9(16)10-6-11(18-7-10)12(17)14-13(8-15)4-2-3-5-13/h6-7,15H,2-5,8H2,1H3,(H,14,17). The summed E-state index contributed by atoms with van der Waals surface area (Å²) in [5.74, 6) is -0.230. The SMILES string of the molecule is CC(=O)c1csc(C(=O)NC2(CO)CCCC2)c1. The van der Waals surface area contributed by atoms with E-state index in [1.807, 2.05) is 0 Å². The molecule has 0 spiro atoms. The first-order valence-electron chi connectivity index (χ1n) is 6.09. The number of aliphatic hydroxyl groups excluding tert-OH is 1. The molecule has 1 aromatic heterocycles. The molecule has 0 aliphatic heterocycles. The van der Waals surface area contributed by atoms with Crippen molar-refractivity contribution in [2.75, 3.05) is 6.61 Å². The first kappa shape index (κ1) is 13.2. The first-order chi connectivity index (χ1) is 8.56. The molecule has 0 aromatic carbocycles. The van der Waals surface area contributed by atoms with Crippen LogP contribution < -0.4 is 5.32 Å². The van der Waals surface area contributed by atoms with Gasteiger partial charge in [0.2, 0.25) is 0 Å². The first-order valence-corrected chi connectivity index (χ1v) is 6.97. The summed E-state index contributed by atoms with van der Waals surface area (Å²) in [5, 5.41) is 14.1. The molecule has 5 heteroatoms. The van der Waals surface area contributed by atoms with Crippen LogP contribution in [0.5, 0.6) is 0 Å². The lowest BCUT2D eigenvalue weighted by atomic mass is 9.99. The van der Waals surface area contributed by atoms with Gasteiger partial charge in [-0.05, 0) is 25.8 Å². The van der Waals surface area contributed by atoms with E-state index in [-0.39, 0.29) is 18.3 Å². The zero-order valence-electron chi connectivity index (χ0n) is 10.4. The lowest BCUT2D eigenvalue weighted by Gasteiger charge is -2.27. The van der Waals surface area contributed by atoms with Gasteiger partial charge in [0.25, 0.3) is 5.91 Å². The number of rotatable bonds is 4. The maximum absolute atomic E-state index is 12.1. The number of amides is 1. The van der Waals surface area contributed by atoms with E-state index in [1.54, 1.807) is 11.4 Å². The molecule has 1 aliphatic rings. The predicted octanol–water partition coefficient (Wildman–Crippen LogP) is 1.99. The fourth-order valence-corrected chi connectivity index (χ4v) is 3.16. The summed E-state index contributed by atoms with van der Waals surface area (Å²) in [6.45, 7) is 1.46. The minimum absolute atomic E-state index is 0.0241. The number of hydrogen-bond acceptors (Lipinski definition) is 4. The van der Waals surface area contributed by atoms with Crippen molar-refractivity contribution in [1.29, 1.82) is 0 Å². The van der Waals surface area contributed by atoms with E-state index in [4.69, 9.17) is 0 Å². The van der Waals surface area contributed by atoms with Crippen LogP contribution in [0.25, 0.3) is 0 Å². The molecule has 1 aromatic rings. The highest BCUT2D eigenvalue weighted by Crippen LogP contribution is 2.29. The molecule has 2 N–H and O–H groups in total. The number of carbonyl (C=O) groups excluding carboxylic acids is 2. The molecule has 18 heavy (non-hydrogen) atoms. The monoisotopic (exact) mass is 267 g/mol. The second-order valence-electron chi connectivity index (χ2n) is 4.86. The largest absolute Gasteiger partial charge is 0.394 e. The second kappa shape index (κ2) is 5.20. The molecule has 0 saturated heterocycles. The fraction of sp³-hybridized carbons (Fsp3) is 0.538. The average Bonchev–Trinajstić information content (AvgIpc) is 2.98. The van der Waals surface area contributed by atoms with Gasteiger partial charge in [-0.1, -0.05) is 12.8 Å². The summed E-state index contributed by atoms with van der Waals surface area (Å²) in [7, 11) is 0. The Bertz CT molecular complexity index is 461. The van der Waals surface area contributed by atoms with Gasteiger partial charge in [-0.3, -0.25) is 9.59 Å². The van der Waals surface area contributed by atoms with Crippen LogP contribution >= 0.6 is 11.3 Å². The molecular formula is C13H17NO3S. The average molecular weight is 267 g/mol. The van der Waals surface area contributed by atoms with Crippen molar-refractivity contribution in [3.63, 3.8) is 0 Å². The number of nitrogens with one attached hydrogen (secondary N) is 1. The third-order valence-corrected chi connectivity index (χ3v) is 4.40. The van der Waals surface area contributed by atoms with Crippen molar-refractivity contribution in [3.05, 3.63) is 21.9 Å². The molecule has 1 amide bonds. The van der Waals surface area contributed by atoms with E-state index in [9.17, 15) is 14.7 Å². The van der Waals surface area contributed by atoms with Gasteiger partial charge in [-0.2, -0.15) is 0 Å². The lowest BCUT2D eigenvalue weighted by Crippen LogP contribution is -2.49. The Morgan fingerprint density at radius 2 is 2.11 bits per heavy atom. The Morgan fingerprint density at radius 1 is 1.44 bits per heavy atom. The van der Waals surface area contributed by atoms with E-state index in [0.29, 0.717) is 10.4 Å².